The molecule has 1 unspecified atom stereocenters. The SMILES string of the molecule is O=C[C@H]1NCC(=S)C1C(=O)[C@@H]1CCCN1C(=O)C1=Cc2ccccc2C1. The van der Waals surface area contributed by atoms with Crippen molar-refractivity contribution in [3.63, 3.8) is 0 Å². The molecule has 2 aliphatic heterocycles. The first-order chi connectivity index (χ1) is 12.6. The number of Topliss-reactive ketones (excluding diaryl/α,β-unsaturated/α-hetero) is 1. The summed E-state index contributed by atoms with van der Waals surface area (Å²) < 4.78 is 0. The van der Waals surface area contributed by atoms with Gasteiger partial charge < -0.3 is 15.0 Å². The highest BCUT2D eigenvalue weighted by atomic mass is 32.1. The average Bonchev–Trinajstić information content (AvgIpc) is 3.37. The smallest absolute Gasteiger partial charge is 0.250 e. The number of likely N-dealkylation sites (tertiary alicyclic amines) is 1. The van der Waals surface area contributed by atoms with Gasteiger partial charge in [0.15, 0.2) is 5.78 Å². The normalized spacial score (nSPS) is 27.4. The molecule has 6 heteroatoms. The number of thiocarbonyl (C=S) groups is 1. The fourth-order valence-corrected chi connectivity index (χ4v) is 4.57. The molecule has 0 spiro atoms. The lowest BCUT2D eigenvalue weighted by molar-refractivity contribution is -0.136. The van der Waals surface area contributed by atoms with Crippen LogP contribution in [0.1, 0.15) is 24.0 Å². The van der Waals surface area contributed by atoms with Gasteiger partial charge in [-0.15, -0.1) is 0 Å². The minimum atomic E-state index is -0.601. The lowest BCUT2D eigenvalue weighted by atomic mass is 9.90. The Labute approximate surface area is 157 Å². The second-order valence-corrected chi connectivity index (χ2v) is 7.62. The minimum Gasteiger partial charge on any atom is -0.329 e. The number of amides is 1. The Bertz CT molecular complexity index is 832. The van der Waals surface area contributed by atoms with Crippen LogP contribution in [0.3, 0.4) is 0 Å². The number of ketones is 1. The monoisotopic (exact) mass is 368 g/mol. The van der Waals surface area contributed by atoms with Gasteiger partial charge in [-0.05, 0) is 30.0 Å². The van der Waals surface area contributed by atoms with Crippen LogP contribution in [0.4, 0.5) is 0 Å². The highest BCUT2D eigenvalue weighted by molar-refractivity contribution is 7.80. The van der Waals surface area contributed by atoms with E-state index in [1.807, 2.05) is 30.3 Å². The van der Waals surface area contributed by atoms with Gasteiger partial charge in [0.25, 0.3) is 5.91 Å². The molecule has 1 aromatic carbocycles. The lowest BCUT2D eigenvalue weighted by Gasteiger charge is -2.27. The van der Waals surface area contributed by atoms with Crippen LogP contribution < -0.4 is 5.32 Å². The van der Waals surface area contributed by atoms with Gasteiger partial charge in [-0.2, -0.15) is 0 Å². The fraction of sp³-hybridized carbons (Fsp3) is 0.400. The molecule has 2 saturated heterocycles. The van der Waals surface area contributed by atoms with Crippen LogP contribution in [0.15, 0.2) is 29.8 Å². The van der Waals surface area contributed by atoms with Gasteiger partial charge in [0, 0.05) is 29.9 Å². The second-order valence-electron chi connectivity index (χ2n) is 7.09. The molecule has 4 rings (SSSR count). The maximum Gasteiger partial charge on any atom is 0.250 e. The van der Waals surface area contributed by atoms with Crippen LogP contribution in [-0.2, 0) is 20.8 Å². The topological polar surface area (TPSA) is 66.5 Å². The maximum atomic E-state index is 13.1. The summed E-state index contributed by atoms with van der Waals surface area (Å²) in [5, 5.41) is 2.98. The summed E-state index contributed by atoms with van der Waals surface area (Å²) in [7, 11) is 0. The van der Waals surface area contributed by atoms with E-state index in [4.69, 9.17) is 12.2 Å². The Morgan fingerprint density at radius 2 is 2.08 bits per heavy atom. The largest absolute Gasteiger partial charge is 0.329 e. The van der Waals surface area contributed by atoms with Crippen molar-refractivity contribution in [3.8, 4) is 0 Å². The Morgan fingerprint density at radius 1 is 1.27 bits per heavy atom. The lowest BCUT2D eigenvalue weighted by Crippen LogP contribution is -2.47. The van der Waals surface area contributed by atoms with Crippen molar-refractivity contribution in [1.29, 1.82) is 0 Å². The van der Waals surface area contributed by atoms with E-state index in [0.29, 0.717) is 30.8 Å². The van der Waals surface area contributed by atoms with E-state index in [0.717, 1.165) is 29.4 Å². The summed E-state index contributed by atoms with van der Waals surface area (Å²) in [4.78, 5) is 39.7. The molecule has 0 bridgehead atoms. The molecular weight excluding hydrogens is 348 g/mol. The first-order valence-electron chi connectivity index (χ1n) is 8.94. The first kappa shape index (κ1) is 17.2. The third kappa shape index (κ3) is 2.83. The third-order valence-corrected chi connectivity index (χ3v) is 5.95. The predicted octanol–water partition coefficient (Wildman–Crippen LogP) is 1.34. The van der Waals surface area contributed by atoms with Crippen molar-refractivity contribution in [2.24, 2.45) is 5.92 Å². The number of hydrogen-bond acceptors (Lipinski definition) is 5. The third-order valence-electron chi connectivity index (χ3n) is 5.55. The van der Waals surface area contributed by atoms with Crippen LogP contribution in [-0.4, -0.2) is 52.9 Å². The van der Waals surface area contributed by atoms with E-state index in [1.54, 1.807) is 4.90 Å². The molecule has 0 saturated carbocycles. The summed E-state index contributed by atoms with van der Waals surface area (Å²) in [6, 6.07) is 6.89. The standard InChI is InChI=1S/C20H20N2O3S/c23-11-15-18(17(26)10-21-15)19(24)16-6-3-7-22(16)20(25)14-8-12-4-1-2-5-13(12)9-14/h1-2,4-5,8,11,15-16,18,21H,3,6-7,9-10H2/t15-,16+,18?/m1/s1. The van der Waals surface area contributed by atoms with Gasteiger partial charge >= 0.3 is 0 Å². The number of nitrogens with zero attached hydrogens (tertiary/aromatic N) is 1. The van der Waals surface area contributed by atoms with E-state index in [-0.39, 0.29) is 11.7 Å². The molecule has 1 aliphatic carbocycles. The van der Waals surface area contributed by atoms with Crippen molar-refractivity contribution in [2.75, 3.05) is 13.1 Å². The molecule has 3 atom stereocenters. The van der Waals surface area contributed by atoms with Crippen LogP contribution in [0, 0.1) is 5.92 Å². The summed E-state index contributed by atoms with van der Waals surface area (Å²) in [6.45, 7) is 0.970. The van der Waals surface area contributed by atoms with Gasteiger partial charge in [-0.1, -0.05) is 36.5 Å². The van der Waals surface area contributed by atoms with E-state index in [2.05, 4.69) is 5.32 Å². The van der Waals surface area contributed by atoms with E-state index in [9.17, 15) is 14.4 Å². The van der Waals surface area contributed by atoms with E-state index >= 15 is 0 Å². The number of nitrogens with one attached hydrogen (secondary N) is 1. The summed E-state index contributed by atoms with van der Waals surface area (Å²) >= 11 is 5.30. The second kappa shape index (κ2) is 6.85. The number of carbonyl (C=O) groups is 3. The molecule has 134 valence electrons. The van der Waals surface area contributed by atoms with Gasteiger partial charge in [0.05, 0.1) is 18.0 Å². The number of aldehydes is 1. The molecule has 1 aromatic rings. The van der Waals surface area contributed by atoms with E-state index in [1.165, 1.54) is 0 Å². The predicted molar refractivity (Wildman–Crippen MR) is 102 cm³/mol. The highest BCUT2D eigenvalue weighted by Crippen LogP contribution is 2.30. The van der Waals surface area contributed by atoms with Gasteiger partial charge in [0.2, 0.25) is 0 Å². The zero-order valence-corrected chi connectivity index (χ0v) is 15.1. The van der Waals surface area contributed by atoms with Crippen molar-refractivity contribution in [2.45, 2.75) is 31.3 Å². The quantitative estimate of drug-likeness (QED) is 0.642. The Hall–Kier alpha value is -2.18. The first-order valence-corrected chi connectivity index (χ1v) is 9.35. The molecular formula is C20H20N2O3S. The van der Waals surface area contributed by atoms with Crippen LogP contribution in [0.5, 0.6) is 0 Å². The molecule has 26 heavy (non-hydrogen) atoms. The molecule has 1 N–H and O–H groups in total. The minimum absolute atomic E-state index is 0.0726. The number of rotatable bonds is 4. The summed E-state index contributed by atoms with van der Waals surface area (Å²) in [6.07, 6.45) is 4.70. The van der Waals surface area contributed by atoms with Crippen molar-refractivity contribution in [3.05, 3.63) is 41.0 Å². The Kier molecular flexibility index (Phi) is 4.54. The number of benzene rings is 1. The Balaban J connectivity index is 1.54. The molecule has 3 aliphatic rings. The fourth-order valence-electron chi connectivity index (χ4n) is 4.22. The molecule has 2 fully saturated rings. The van der Waals surface area contributed by atoms with Crippen LogP contribution in [0.2, 0.25) is 0 Å². The highest BCUT2D eigenvalue weighted by Gasteiger charge is 2.44. The summed E-state index contributed by atoms with van der Waals surface area (Å²) in [5.74, 6) is -0.772. The molecule has 0 radical (unpaired) electrons. The van der Waals surface area contributed by atoms with E-state index < -0.39 is 18.0 Å². The molecule has 2 heterocycles. The van der Waals surface area contributed by atoms with Crippen molar-refractivity contribution in [1.82, 2.24) is 10.2 Å². The zero-order chi connectivity index (χ0) is 18.3. The number of hydrogen-bond donors (Lipinski definition) is 1. The zero-order valence-electron chi connectivity index (χ0n) is 14.3. The molecule has 0 aromatic heterocycles. The van der Waals surface area contributed by atoms with Crippen molar-refractivity contribution < 1.29 is 14.4 Å². The molecule has 5 nitrogen and oxygen atoms in total. The summed E-state index contributed by atoms with van der Waals surface area (Å²) in [5.41, 5.74) is 2.94. The van der Waals surface area contributed by atoms with Gasteiger partial charge in [-0.3, -0.25) is 9.59 Å². The van der Waals surface area contributed by atoms with Gasteiger partial charge in [0.1, 0.15) is 6.29 Å². The number of carbonyl (C=O) groups excluding carboxylic acids is 3. The van der Waals surface area contributed by atoms with Crippen LogP contribution >= 0.6 is 12.2 Å². The maximum absolute atomic E-state index is 13.1. The number of fused-ring (bicyclic) bond motifs is 1. The Morgan fingerprint density at radius 3 is 2.85 bits per heavy atom. The van der Waals surface area contributed by atoms with Crippen molar-refractivity contribution >= 4 is 41.1 Å². The van der Waals surface area contributed by atoms with Gasteiger partial charge in [-0.25, -0.2) is 0 Å². The average molecular weight is 368 g/mol. The van der Waals surface area contributed by atoms with Crippen LogP contribution in [0.25, 0.3) is 6.08 Å². The molecule has 1 amide bonds.